The molecule has 1 radical (unpaired) electrons. The van der Waals surface area contributed by atoms with E-state index in [-0.39, 0.29) is 5.97 Å². The van der Waals surface area contributed by atoms with Gasteiger partial charge in [0.05, 0.1) is 6.08 Å². The number of carbonyl (C=O) groups excluding carboxylic acids is 1. The first-order chi connectivity index (χ1) is 7.27. The second-order valence-electron chi connectivity index (χ2n) is 2.91. The fraction of sp³-hybridized carbons (Fsp3) is 0.167. The molecule has 3 heteroatoms. The van der Waals surface area contributed by atoms with Crippen molar-refractivity contribution in [3.63, 3.8) is 0 Å². The molecule has 1 aromatic carbocycles. The van der Waals surface area contributed by atoms with Crippen LogP contribution in [-0.2, 0) is 9.22 Å². The molecule has 0 aromatic heterocycles. The molecule has 77 valence electrons. The summed E-state index contributed by atoms with van der Waals surface area (Å²) < 4.78 is 5.33. The summed E-state index contributed by atoms with van der Waals surface area (Å²) in [6.45, 7) is 5.36. The van der Waals surface area contributed by atoms with Gasteiger partial charge in [-0.2, -0.15) is 0 Å². The van der Waals surface area contributed by atoms with Crippen molar-refractivity contribution in [1.82, 2.24) is 0 Å². The van der Waals surface area contributed by atoms with Gasteiger partial charge in [0.2, 0.25) is 0 Å². The van der Waals surface area contributed by atoms with Gasteiger partial charge in [-0.05, 0) is 11.2 Å². The molecule has 0 N–H and O–H groups in total. The lowest BCUT2D eigenvalue weighted by molar-refractivity contribution is -0.129. The third-order valence-electron chi connectivity index (χ3n) is 1.86. The highest BCUT2D eigenvalue weighted by atomic mass is 28.3. The quantitative estimate of drug-likeness (QED) is 0.436. The summed E-state index contributed by atoms with van der Waals surface area (Å²) in [7, 11) is -1.23. The van der Waals surface area contributed by atoms with Crippen LogP contribution in [0.4, 0.5) is 0 Å². The van der Waals surface area contributed by atoms with Gasteiger partial charge in [0, 0.05) is 0 Å². The van der Waals surface area contributed by atoms with E-state index in [9.17, 15) is 4.79 Å². The SMILES string of the molecule is C=C=CC(=O)O[Si](CC)c1ccccc1. The number of benzene rings is 1. The standard InChI is InChI=1S/C12H13O2Si/c1-3-8-12(13)14-15(4-2)11-9-6-5-7-10-11/h5-10H,1,4H2,2H3. The molecule has 1 rings (SSSR count). The molecule has 0 heterocycles. The van der Waals surface area contributed by atoms with Crippen molar-refractivity contribution < 1.29 is 9.22 Å². The average molecular weight is 217 g/mol. The highest BCUT2D eigenvalue weighted by Crippen LogP contribution is 1.97. The molecule has 0 fully saturated rings. The van der Waals surface area contributed by atoms with E-state index in [1.807, 2.05) is 37.3 Å². The molecule has 0 saturated carbocycles. The Hall–Kier alpha value is -1.57. The van der Waals surface area contributed by atoms with Crippen LogP contribution < -0.4 is 5.19 Å². The maximum absolute atomic E-state index is 11.2. The van der Waals surface area contributed by atoms with E-state index >= 15 is 0 Å². The Bertz CT molecular complexity index is 366. The van der Waals surface area contributed by atoms with Gasteiger partial charge in [-0.1, -0.05) is 43.8 Å². The van der Waals surface area contributed by atoms with E-state index in [1.165, 1.54) is 6.08 Å². The predicted octanol–water partition coefficient (Wildman–Crippen LogP) is 1.79. The van der Waals surface area contributed by atoms with E-state index in [0.717, 1.165) is 11.2 Å². The van der Waals surface area contributed by atoms with Gasteiger partial charge in [0.25, 0.3) is 0 Å². The summed E-state index contributed by atoms with van der Waals surface area (Å²) in [5.41, 5.74) is 2.42. The highest BCUT2D eigenvalue weighted by Gasteiger charge is 2.17. The molecule has 0 aliphatic rings. The van der Waals surface area contributed by atoms with Crippen molar-refractivity contribution in [2.75, 3.05) is 0 Å². The largest absolute Gasteiger partial charge is 0.509 e. The minimum absolute atomic E-state index is 0.357. The van der Waals surface area contributed by atoms with Gasteiger partial charge in [-0.3, -0.25) is 0 Å². The van der Waals surface area contributed by atoms with Crippen molar-refractivity contribution in [2.45, 2.75) is 13.0 Å². The first-order valence-corrected chi connectivity index (χ1v) is 6.38. The zero-order valence-corrected chi connectivity index (χ0v) is 9.69. The maximum atomic E-state index is 11.2. The molecule has 0 spiro atoms. The molecule has 1 aromatic rings. The number of hydrogen-bond donors (Lipinski definition) is 0. The molecule has 0 bridgehead atoms. The van der Waals surface area contributed by atoms with E-state index < -0.39 is 9.04 Å². The number of carbonyl (C=O) groups is 1. The van der Waals surface area contributed by atoms with Gasteiger partial charge in [0.15, 0.2) is 0 Å². The Kier molecular flexibility index (Phi) is 4.61. The lowest BCUT2D eigenvalue weighted by Crippen LogP contribution is -2.34. The minimum Gasteiger partial charge on any atom is -0.509 e. The summed E-state index contributed by atoms with van der Waals surface area (Å²) in [5, 5.41) is 1.11. The normalized spacial score (nSPS) is 9.47. The van der Waals surface area contributed by atoms with Crippen LogP contribution in [0.1, 0.15) is 6.92 Å². The zero-order valence-electron chi connectivity index (χ0n) is 8.69. The van der Waals surface area contributed by atoms with Crippen LogP contribution in [-0.4, -0.2) is 15.0 Å². The topological polar surface area (TPSA) is 26.3 Å². The fourth-order valence-corrected chi connectivity index (χ4v) is 2.73. The third-order valence-corrected chi connectivity index (χ3v) is 3.93. The average Bonchev–Trinajstić information content (AvgIpc) is 2.27. The van der Waals surface area contributed by atoms with Gasteiger partial charge in [-0.15, -0.1) is 5.73 Å². The molecule has 0 amide bonds. The predicted molar refractivity (Wildman–Crippen MR) is 62.1 cm³/mol. The van der Waals surface area contributed by atoms with Crippen molar-refractivity contribution in [2.24, 2.45) is 0 Å². The second kappa shape index (κ2) is 6.01. The van der Waals surface area contributed by atoms with E-state index in [2.05, 4.69) is 12.3 Å². The Morgan fingerprint density at radius 1 is 1.53 bits per heavy atom. The lowest BCUT2D eigenvalue weighted by Gasteiger charge is -2.11. The Balaban J connectivity index is 2.73. The molecule has 0 aliphatic carbocycles. The van der Waals surface area contributed by atoms with Crippen molar-refractivity contribution >= 4 is 20.2 Å². The molecule has 0 atom stereocenters. The number of rotatable bonds is 4. The van der Waals surface area contributed by atoms with Crippen molar-refractivity contribution in [3.8, 4) is 0 Å². The van der Waals surface area contributed by atoms with Crippen LogP contribution in [0.2, 0.25) is 6.04 Å². The van der Waals surface area contributed by atoms with Crippen LogP contribution in [0, 0.1) is 0 Å². The van der Waals surface area contributed by atoms with Crippen molar-refractivity contribution in [1.29, 1.82) is 0 Å². The summed E-state index contributed by atoms with van der Waals surface area (Å²) in [6.07, 6.45) is 1.23. The van der Waals surface area contributed by atoms with E-state index in [0.29, 0.717) is 0 Å². The van der Waals surface area contributed by atoms with Crippen molar-refractivity contribution in [3.05, 3.63) is 48.7 Å². The van der Waals surface area contributed by atoms with Gasteiger partial charge < -0.3 is 4.43 Å². The Morgan fingerprint density at radius 2 is 2.20 bits per heavy atom. The number of hydrogen-bond acceptors (Lipinski definition) is 2. The molecule has 0 aliphatic heterocycles. The summed E-state index contributed by atoms with van der Waals surface area (Å²) in [4.78, 5) is 11.2. The van der Waals surface area contributed by atoms with Crippen LogP contribution in [0.25, 0.3) is 0 Å². The van der Waals surface area contributed by atoms with Crippen LogP contribution in [0.5, 0.6) is 0 Å². The third kappa shape index (κ3) is 3.58. The Morgan fingerprint density at radius 3 is 2.73 bits per heavy atom. The Labute approximate surface area is 91.6 Å². The lowest BCUT2D eigenvalue weighted by atomic mass is 10.4. The first kappa shape index (κ1) is 11.5. The van der Waals surface area contributed by atoms with Gasteiger partial charge >= 0.3 is 15.0 Å². The summed E-state index contributed by atoms with van der Waals surface area (Å²) in [5.74, 6) is -0.357. The van der Waals surface area contributed by atoms with E-state index in [4.69, 9.17) is 4.43 Å². The molecule has 0 saturated heterocycles. The van der Waals surface area contributed by atoms with Crippen LogP contribution in [0.15, 0.2) is 48.7 Å². The second-order valence-corrected chi connectivity index (χ2v) is 5.25. The first-order valence-electron chi connectivity index (χ1n) is 4.76. The van der Waals surface area contributed by atoms with Gasteiger partial charge in [-0.25, -0.2) is 4.79 Å². The molecule has 2 nitrogen and oxygen atoms in total. The summed E-state index contributed by atoms with van der Waals surface area (Å²) in [6, 6.07) is 10.7. The monoisotopic (exact) mass is 217 g/mol. The minimum atomic E-state index is -1.23. The molecular formula is C12H13O2Si. The molecule has 0 unspecified atom stereocenters. The van der Waals surface area contributed by atoms with Crippen LogP contribution in [0.3, 0.4) is 0 Å². The molecule has 15 heavy (non-hydrogen) atoms. The highest BCUT2D eigenvalue weighted by molar-refractivity contribution is 6.68. The maximum Gasteiger partial charge on any atom is 0.325 e. The van der Waals surface area contributed by atoms with E-state index in [1.54, 1.807) is 0 Å². The summed E-state index contributed by atoms with van der Waals surface area (Å²) >= 11 is 0. The zero-order chi connectivity index (χ0) is 11.1. The molecular weight excluding hydrogens is 204 g/mol. The smallest absolute Gasteiger partial charge is 0.325 e. The van der Waals surface area contributed by atoms with Crippen LogP contribution >= 0.6 is 0 Å². The van der Waals surface area contributed by atoms with Gasteiger partial charge in [0.1, 0.15) is 0 Å². The fourth-order valence-electron chi connectivity index (χ4n) is 1.19.